The third-order valence-electron chi connectivity index (χ3n) is 3.74. The Morgan fingerprint density at radius 2 is 2.12 bits per heavy atom. The fourth-order valence-corrected chi connectivity index (χ4v) is 2.57. The maximum absolute atomic E-state index is 12.2. The first-order chi connectivity index (χ1) is 7.59. The summed E-state index contributed by atoms with van der Waals surface area (Å²) in [5, 5.41) is 3.22. The van der Waals surface area contributed by atoms with E-state index in [0.717, 1.165) is 19.5 Å². The van der Waals surface area contributed by atoms with E-state index in [2.05, 4.69) is 12.2 Å². The molecular formula is C11H19N3O2. The summed E-state index contributed by atoms with van der Waals surface area (Å²) < 4.78 is 0. The molecular weight excluding hydrogens is 206 g/mol. The van der Waals surface area contributed by atoms with Gasteiger partial charge < -0.3 is 16.0 Å². The van der Waals surface area contributed by atoms with E-state index in [1.54, 1.807) is 4.90 Å². The summed E-state index contributed by atoms with van der Waals surface area (Å²) in [6.45, 7) is 4.94. The van der Waals surface area contributed by atoms with E-state index in [4.69, 9.17) is 5.73 Å². The van der Waals surface area contributed by atoms with E-state index in [-0.39, 0.29) is 23.7 Å². The molecule has 3 unspecified atom stereocenters. The number of nitrogens with one attached hydrogen (secondary N) is 1. The summed E-state index contributed by atoms with van der Waals surface area (Å²) >= 11 is 0. The van der Waals surface area contributed by atoms with E-state index in [0.29, 0.717) is 19.0 Å². The number of carbonyl (C=O) groups excluding carboxylic acids is 2. The van der Waals surface area contributed by atoms with Crippen molar-refractivity contribution < 1.29 is 9.59 Å². The molecule has 2 fully saturated rings. The molecule has 16 heavy (non-hydrogen) atoms. The highest BCUT2D eigenvalue weighted by Gasteiger charge is 2.36. The molecule has 5 heteroatoms. The number of primary amides is 1. The van der Waals surface area contributed by atoms with Gasteiger partial charge in [0.15, 0.2) is 0 Å². The minimum Gasteiger partial charge on any atom is -0.369 e. The molecule has 3 atom stereocenters. The van der Waals surface area contributed by atoms with Crippen LogP contribution in [0.15, 0.2) is 0 Å². The summed E-state index contributed by atoms with van der Waals surface area (Å²) in [6.07, 6.45) is 0.718. The van der Waals surface area contributed by atoms with Crippen molar-refractivity contribution in [2.75, 3.05) is 26.2 Å². The van der Waals surface area contributed by atoms with Gasteiger partial charge in [0.25, 0.3) is 0 Å². The number of amides is 2. The molecule has 90 valence electrons. The van der Waals surface area contributed by atoms with Crippen molar-refractivity contribution in [1.82, 2.24) is 10.2 Å². The summed E-state index contributed by atoms with van der Waals surface area (Å²) in [7, 11) is 0. The number of nitrogens with two attached hydrogens (primary N) is 1. The second kappa shape index (κ2) is 4.41. The van der Waals surface area contributed by atoms with Crippen LogP contribution in [0.3, 0.4) is 0 Å². The van der Waals surface area contributed by atoms with Crippen molar-refractivity contribution in [3.63, 3.8) is 0 Å². The van der Waals surface area contributed by atoms with Crippen molar-refractivity contribution in [1.29, 1.82) is 0 Å². The predicted octanol–water partition coefficient (Wildman–Crippen LogP) is -0.824. The van der Waals surface area contributed by atoms with Crippen molar-refractivity contribution in [3.05, 3.63) is 0 Å². The number of nitrogens with zero attached hydrogens (tertiary/aromatic N) is 1. The lowest BCUT2D eigenvalue weighted by Crippen LogP contribution is -2.38. The molecule has 0 saturated carbocycles. The van der Waals surface area contributed by atoms with E-state index in [1.807, 2.05) is 0 Å². The minimum absolute atomic E-state index is 0.0756. The number of hydrogen-bond donors (Lipinski definition) is 2. The van der Waals surface area contributed by atoms with Gasteiger partial charge in [-0.3, -0.25) is 9.59 Å². The Bertz CT molecular complexity index is 306. The molecule has 0 bridgehead atoms. The van der Waals surface area contributed by atoms with Crippen LogP contribution in [-0.2, 0) is 9.59 Å². The fourth-order valence-electron chi connectivity index (χ4n) is 2.57. The van der Waals surface area contributed by atoms with E-state index in [9.17, 15) is 9.59 Å². The first kappa shape index (κ1) is 11.4. The highest BCUT2D eigenvalue weighted by molar-refractivity contribution is 5.82. The van der Waals surface area contributed by atoms with E-state index >= 15 is 0 Å². The Morgan fingerprint density at radius 3 is 2.62 bits per heavy atom. The van der Waals surface area contributed by atoms with Gasteiger partial charge in [0, 0.05) is 19.6 Å². The van der Waals surface area contributed by atoms with Crippen molar-refractivity contribution >= 4 is 11.8 Å². The second-order valence-corrected chi connectivity index (χ2v) is 4.91. The molecule has 2 heterocycles. The zero-order valence-corrected chi connectivity index (χ0v) is 9.61. The largest absolute Gasteiger partial charge is 0.369 e. The average molecular weight is 225 g/mol. The Labute approximate surface area is 95.3 Å². The topological polar surface area (TPSA) is 75.4 Å². The molecule has 0 aliphatic carbocycles. The maximum Gasteiger partial charge on any atom is 0.227 e. The molecule has 0 aromatic heterocycles. The van der Waals surface area contributed by atoms with Crippen LogP contribution < -0.4 is 11.1 Å². The first-order valence-corrected chi connectivity index (χ1v) is 5.88. The molecule has 0 aromatic rings. The summed E-state index contributed by atoms with van der Waals surface area (Å²) in [4.78, 5) is 25.0. The number of rotatable bonds is 2. The average Bonchev–Trinajstić information content (AvgIpc) is 2.84. The first-order valence-electron chi connectivity index (χ1n) is 5.88. The normalized spacial score (nSPS) is 34.3. The molecule has 2 rings (SSSR count). The molecule has 2 aliphatic heterocycles. The van der Waals surface area contributed by atoms with Gasteiger partial charge in [0.2, 0.25) is 11.8 Å². The third kappa shape index (κ3) is 2.04. The molecule has 3 N–H and O–H groups in total. The number of carbonyl (C=O) groups is 2. The molecule has 5 nitrogen and oxygen atoms in total. The zero-order valence-electron chi connectivity index (χ0n) is 9.61. The lowest BCUT2D eigenvalue weighted by atomic mass is 9.97. The molecule has 0 spiro atoms. The Kier molecular flexibility index (Phi) is 3.14. The van der Waals surface area contributed by atoms with Crippen molar-refractivity contribution in [2.45, 2.75) is 13.3 Å². The van der Waals surface area contributed by atoms with Crippen LogP contribution in [0.2, 0.25) is 0 Å². The standard InChI is InChI=1S/C11H19N3O2/c1-7-4-13-5-9(7)11(16)14-3-2-8(6-14)10(12)15/h7-9,13H,2-6H2,1H3,(H2,12,15). The van der Waals surface area contributed by atoms with Crippen LogP contribution in [0.4, 0.5) is 0 Å². The number of likely N-dealkylation sites (tertiary alicyclic amines) is 1. The van der Waals surface area contributed by atoms with Gasteiger partial charge >= 0.3 is 0 Å². The monoisotopic (exact) mass is 225 g/mol. The minimum atomic E-state index is -0.284. The fraction of sp³-hybridized carbons (Fsp3) is 0.818. The van der Waals surface area contributed by atoms with Gasteiger partial charge in [-0.15, -0.1) is 0 Å². The van der Waals surface area contributed by atoms with Crippen LogP contribution in [-0.4, -0.2) is 42.9 Å². The van der Waals surface area contributed by atoms with Crippen LogP contribution in [0.5, 0.6) is 0 Å². The van der Waals surface area contributed by atoms with Crippen LogP contribution >= 0.6 is 0 Å². The Hall–Kier alpha value is -1.10. The molecule has 2 amide bonds. The quantitative estimate of drug-likeness (QED) is 0.644. The van der Waals surface area contributed by atoms with E-state index < -0.39 is 0 Å². The second-order valence-electron chi connectivity index (χ2n) is 4.91. The van der Waals surface area contributed by atoms with Gasteiger partial charge in [-0.25, -0.2) is 0 Å². The number of hydrogen-bond acceptors (Lipinski definition) is 3. The lowest BCUT2D eigenvalue weighted by Gasteiger charge is -2.22. The molecule has 2 saturated heterocycles. The van der Waals surface area contributed by atoms with Gasteiger partial charge in [-0.05, 0) is 18.9 Å². The van der Waals surface area contributed by atoms with Gasteiger partial charge in [-0.1, -0.05) is 6.92 Å². The lowest BCUT2D eigenvalue weighted by molar-refractivity contribution is -0.135. The van der Waals surface area contributed by atoms with Crippen molar-refractivity contribution in [2.24, 2.45) is 23.5 Å². The summed E-state index contributed by atoms with van der Waals surface area (Å²) in [5.74, 6) is 0.217. The third-order valence-corrected chi connectivity index (χ3v) is 3.74. The van der Waals surface area contributed by atoms with Gasteiger partial charge in [0.1, 0.15) is 0 Å². The SMILES string of the molecule is CC1CNCC1C(=O)N1CCC(C(N)=O)C1. The molecule has 0 aromatic carbocycles. The Morgan fingerprint density at radius 1 is 1.38 bits per heavy atom. The van der Waals surface area contributed by atoms with E-state index in [1.165, 1.54) is 0 Å². The summed E-state index contributed by atoms with van der Waals surface area (Å²) in [6, 6.07) is 0. The van der Waals surface area contributed by atoms with Gasteiger partial charge in [-0.2, -0.15) is 0 Å². The van der Waals surface area contributed by atoms with Crippen LogP contribution in [0.1, 0.15) is 13.3 Å². The highest BCUT2D eigenvalue weighted by Crippen LogP contribution is 2.23. The smallest absolute Gasteiger partial charge is 0.227 e. The molecule has 0 radical (unpaired) electrons. The van der Waals surface area contributed by atoms with Crippen LogP contribution in [0, 0.1) is 17.8 Å². The predicted molar refractivity (Wildman–Crippen MR) is 59.4 cm³/mol. The highest BCUT2D eigenvalue weighted by atomic mass is 16.2. The Balaban J connectivity index is 1.94. The zero-order chi connectivity index (χ0) is 11.7. The van der Waals surface area contributed by atoms with Crippen molar-refractivity contribution in [3.8, 4) is 0 Å². The maximum atomic E-state index is 12.2. The molecule has 2 aliphatic rings. The summed E-state index contributed by atoms with van der Waals surface area (Å²) in [5.41, 5.74) is 5.25. The van der Waals surface area contributed by atoms with Crippen LogP contribution in [0.25, 0.3) is 0 Å². The van der Waals surface area contributed by atoms with Gasteiger partial charge in [0.05, 0.1) is 11.8 Å².